The summed E-state index contributed by atoms with van der Waals surface area (Å²) in [5, 5.41) is 14.7. The lowest BCUT2D eigenvalue weighted by Gasteiger charge is -2.18. The van der Waals surface area contributed by atoms with E-state index in [1.54, 1.807) is 25.3 Å². The van der Waals surface area contributed by atoms with E-state index in [1.807, 2.05) is 30.3 Å². The normalized spacial score (nSPS) is 18.3. The summed E-state index contributed by atoms with van der Waals surface area (Å²) in [5.74, 6) is 0.527. The van der Waals surface area contributed by atoms with E-state index in [9.17, 15) is 10.0 Å². The molecule has 1 atom stereocenters. The number of hydroxylamine groups is 2. The molecule has 0 saturated carbocycles. The SMILES string of the molecule is COc1ccc(C2CC(=NOCc3ccccc3)C(=O)N2O)cc1OC. The van der Waals surface area contributed by atoms with E-state index in [-0.39, 0.29) is 18.7 Å². The summed E-state index contributed by atoms with van der Waals surface area (Å²) in [4.78, 5) is 17.5. The van der Waals surface area contributed by atoms with Crippen molar-refractivity contribution in [3.8, 4) is 11.5 Å². The average molecular weight is 356 g/mol. The Morgan fingerprint density at radius 1 is 1.12 bits per heavy atom. The molecule has 1 amide bonds. The Balaban J connectivity index is 1.73. The second kappa shape index (κ2) is 7.88. The van der Waals surface area contributed by atoms with Gasteiger partial charge in [0.1, 0.15) is 12.3 Å². The summed E-state index contributed by atoms with van der Waals surface area (Å²) in [6.45, 7) is 0.254. The van der Waals surface area contributed by atoms with Crippen LogP contribution in [-0.2, 0) is 16.2 Å². The molecule has 3 rings (SSSR count). The molecule has 7 nitrogen and oxygen atoms in total. The van der Waals surface area contributed by atoms with Gasteiger partial charge >= 0.3 is 0 Å². The van der Waals surface area contributed by atoms with Crippen molar-refractivity contribution < 1.29 is 24.3 Å². The molecule has 0 aliphatic carbocycles. The van der Waals surface area contributed by atoms with Gasteiger partial charge in [-0.15, -0.1) is 0 Å². The van der Waals surface area contributed by atoms with Gasteiger partial charge in [0.15, 0.2) is 11.5 Å². The zero-order valence-corrected chi connectivity index (χ0v) is 14.6. The van der Waals surface area contributed by atoms with Crippen molar-refractivity contribution in [2.45, 2.75) is 19.1 Å². The van der Waals surface area contributed by atoms with E-state index >= 15 is 0 Å². The summed E-state index contributed by atoms with van der Waals surface area (Å²) in [5.41, 5.74) is 1.83. The molecule has 1 N–H and O–H groups in total. The maximum Gasteiger partial charge on any atom is 0.295 e. The van der Waals surface area contributed by atoms with Crippen molar-refractivity contribution in [1.82, 2.24) is 5.06 Å². The van der Waals surface area contributed by atoms with Gasteiger partial charge in [-0.05, 0) is 23.3 Å². The van der Waals surface area contributed by atoms with Crippen molar-refractivity contribution in [1.29, 1.82) is 0 Å². The number of oxime groups is 1. The first-order chi connectivity index (χ1) is 12.6. The summed E-state index contributed by atoms with van der Waals surface area (Å²) in [6.07, 6.45) is 0.236. The van der Waals surface area contributed by atoms with Gasteiger partial charge in [0.2, 0.25) is 0 Å². The quantitative estimate of drug-likeness (QED) is 0.636. The molecule has 0 bridgehead atoms. The number of amides is 1. The number of methoxy groups -OCH3 is 2. The van der Waals surface area contributed by atoms with Crippen molar-refractivity contribution in [2.75, 3.05) is 14.2 Å². The molecule has 2 aromatic rings. The number of rotatable bonds is 6. The Kier molecular flexibility index (Phi) is 5.38. The first-order valence-electron chi connectivity index (χ1n) is 8.11. The third-order valence-corrected chi connectivity index (χ3v) is 4.18. The number of hydrogen-bond acceptors (Lipinski definition) is 6. The standard InChI is InChI=1S/C19H20N2O5/c1-24-17-9-8-14(10-18(17)25-2)16-11-15(19(22)21(16)23)20-26-12-13-6-4-3-5-7-13/h3-10,16,23H,11-12H2,1-2H3. The molecule has 1 unspecified atom stereocenters. The fourth-order valence-electron chi connectivity index (χ4n) is 2.79. The molecule has 1 aliphatic rings. The topological polar surface area (TPSA) is 80.6 Å². The van der Waals surface area contributed by atoms with E-state index in [0.29, 0.717) is 22.1 Å². The van der Waals surface area contributed by atoms with Crippen LogP contribution in [0.15, 0.2) is 53.7 Å². The predicted octanol–water partition coefficient (Wildman–Crippen LogP) is 2.94. The van der Waals surface area contributed by atoms with Crippen LogP contribution in [0.25, 0.3) is 0 Å². The Hall–Kier alpha value is -3.06. The number of hydrogen-bond donors (Lipinski definition) is 1. The molecule has 1 saturated heterocycles. The molecule has 26 heavy (non-hydrogen) atoms. The van der Waals surface area contributed by atoms with Gasteiger partial charge in [-0.1, -0.05) is 41.6 Å². The maximum atomic E-state index is 12.2. The minimum atomic E-state index is -0.571. The number of benzene rings is 2. The lowest BCUT2D eigenvalue weighted by Crippen LogP contribution is -2.25. The molecule has 7 heteroatoms. The highest BCUT2D eigenvalue weighted by Gasteiger charge is 2.38. The summed E-state index contributed by atoms with van der Waals surface area (Å²) in [6, 6.07) is 14.2. The lowest BCUT2D eigenvalue weighted by molar-refractivity contribution is -0.162. The molecule has 0 radical (unpaired) electrons. The van der Waals surface area contributed by atoms with Gasteiger partial charge in [-0.2, -0.15) is 0 Å². The lowest BCUT2D eigenvalue weighted by atomic mass is 10.0. The van der Waals surface area contributed by atoms with Gasteiger partial charge in [0.25, 0.3) is 5.91 Å². The predicted molar refractivity (Wildman–Crippen MR) is 94.2 cm³/mol. The average Bonchev–Trinajstić information content (AvgIpc) is 2.97. The van der Waals surface area contributed by atoms with Crippen LogP contribution >= 0.6 is 0 Å². The Morgan fingerprint density at radius 2 is 1.85 bits per heavy atom. The fourth-order valence-corrected chi connectivity index (χ4v) is 2.79. The van der Waals surface area contributed by atoms with E-state index in [2.05, 4.69) is 5.16 Å². The third kappa shape index (κ3) is 3.62. The first kappa shape index (κ1) is 17.8. The van der Waals surface area contributed by atoms with Crippen molar-refractivity contribution in [3.63, 3.8) is 0 Å². The Morgan fingerprint density at radius 3 is 2.54 bits per heavy atom. The first-order valence-corrected chi connectivity index (χ1v) is 8.11. The Bertz CT molecular complexity index is 807. The second-order valence-corrected chi connectivity index (χ2v) is 5.78. The molecule has 1 fully saturated rings. The van der Waals surface area contributed by atoms with E-state index in [1.165, 1.54) is 7.11 Å². The summed E-state index contributed by atoms with van der Waals surface area (Å²) in [7, 11) is 3.08. The van der Waals surface area contributed by atoms with Crippen LogP contribution < -0.4 is 9.47 Å². The zero-order valence-electron chi connectivity index (χ0n) is 14.6. The van der Waals surface area contributed by atoms with E-state index < -0.39 is 11.9 Å². The van der Waals surface area contributed by atoms with Crippen LogP contribution in [0, 0.1) is 0 Å². The smallest absolute Gasteiger partial charge is 0.295 e. The largest absolute Gasteiger partial charge is 0.493 e. The van der Waals surface area contributed by atoms with Crippen molar-refractivity contribution in [2.24, 2.45) is 5.16 Å². The number of carbonyl (C=O) groups excluding carboxylic acids is 1. The molecule has 136 valence electrons. The second-order valence-electron chi connectivity index (χ2n) is 5.78. The van der Waals surface area contributed by atoms with E-state index in [4.69, 9.17) is 14.3 Å². The van der Waals surface area contributed by atoms with Crippen LogP contribution in [0.3, 0.4) is 0 Å². The van der Waals surface area contributed by atoms with E-state index in [0.717, 1.165) is 5.56 Å². The molecule has 0 spiro atoms. The fraction of sp³-hybridized carbons (Fsp3) is 0.263. The summed E-state index contributed by atoms with van der Waals surface area (Å²) >= 11 is 0. The van der Waals surface area contributed by atoms with Gasteiger partial charge in [-0.3, -0.25) is 10.0 Å². The molecule has 0 aromatic heterocycles. The molecule has 2 aromatic carbocycles. The monoisotopic (exact) mass is 356 g/mol. The highest BCUT2D eigenvalue weighted by atomic mass is 16.6. The van der Waals surface area contributed by atoms with Gasteiger partial charge < -0.3 is 14.3 Å². The zero-order chi connectivity index (χ0) is 18.5. The van der Waals surface area contributed by atoms with Gasteiger partial charge in [0, 0.05) is 6.42 Å². The van der Waals surface area contributed by atoms with Gasteiger partial charge in [-0.25, -0.2) is 5.06 Å². The molecule has 1 heterocycles. The Labute approximate surface area is 151 Å². The highest BCUT2D eigenvalue weighted by molar-refractivity contribution is 6.40. The molecule has 1 aliphatic heterocycles. The minimum absolute atomic E-state index is 0.170. The third-order valence-electron chi connectivity index (χ3n) is 4.18. The van der Waals surface area contributed by atoms with Crippen molar-refractivity contribution in [3.05, 3.63) is 59.7 Å². The summed E-state index contributed by atoms with van der Waals surface area (Å²) < 4.78 is 10.5. The van der Waals surface area contributed by atoms with Crippen LogP contribution in [0.5, 0.6) is 11.5 Å². The number of carbonyl (C=O) groups is 1. The van der Waals surface area contributed by atoms with Crippen LogP contribution in [0.4, 0.5) is 0 Å². The minimum Gasteiger partial charge on any atom is -0.493 e. The highest BCUT2D eigenvalue weighted by Crippen LogP contribution is 2.35. The number of ether oxygens (including phenoxy) is 2. The molecular formula is C19H20N2O5. The van der Waals surface area contributed by atoms with Crippen molar-refractivity contribution >= 4 is 11.6 Å². The van der Waals surface area contributed by atoms with Gasteiger partial charge in [0.05, 0.1) is 20.3 Å². The maximum absolute atomic E-state index is 12.2. The van der Waals surface area contributed by atoms with Crippen LogP contribution in [0.1, 0.15) is 23.6 Å². The van der Waals surface area contributed by atoms with Crippen LogP contribution in [-0.4, -0.2) is 36.1 Å². The molecular weight excluding hydrogens is 336 g/mol. The van der Waals surface area contributed by atoms with Crippen LogP contribution in [0.2, 0.25) is 0 Å². The number of nitrogens with zero attached hydrogens (tertiary/aromatic N) is 2.